The number of rotatable bonds is 8. The second kappa shape index (κ2) is 10.8. The standard InChI is InChI=1S/C30H38N2/c1-4-5-6-7-10-24-11-8-13-27-25(19-24)12-9-14-30(27)32-26-17-16-23(3)28(20-26)29-18-15-22(2)21-31-29/h9,12,14-18,20-21,24,32H,4-8,10-11,13,19H2,1-3H3. The Hall–Kier alpha value is -2.61. The summed E-state index contributed by atoms with van der Waals surface area (Å²) in [6.45, 7) is 6.54. The van der Waals surface area contributed by atoms with Gasteiger partial charge in [-0.15, -0.1) is 0 Å². The molecular formula is C30H38N2. The zero-order valence-electron chi connectivity index (χ0n) is 20.1. The summed E-state index contributed by atoms with van der Waals surface area (Å²) < 4.78 is 0. The van der Waals surface area contributed by atoms with E-state index in [4.69, 9.17) is 0 Å². The molecule has 1 heterocycles. The number of hydrogen-bond acceptors (Lipinski definition) is 2. The number of anilines is 2. The third kappa shape index (κ3) is 5.59. The number of nitrogens with one attached hydrogen (secondary N) is 1. The number of aryl methyl sites for hydroxylation is 2. The van der Waals surface area contributed by atoms with Crippen molar-refractivity contribution < 1.29 is 0 Å². The Kier molecular flexibility index (Phi) is 7.63. The first-order valence-electron chi connectivity index (χ1n) is 12.6. The summed E-state index contributed by atoms with van der Waals surface area (Å²) >= 11 is 0. The number of pyridine rings is 1. The topological polar surface area (TPSA) is 24.9 Å². The molecule has 0 fully saturated rings. The lowest BCUT2D eigenvalue weighted by atomic mass is 9.91. The Morgan fingerprint density at radius 2 is 1.91 bits per heavy atom. The number of benzene rings is 2. The van der Waals surface area contributed by atoms with Gasteiger partial charge in [-0.1, -0.05) is 63.3 Å². The van der Waals surface area contributed by atoms with Gasteiger partial charge < -0.3 is 5.32 Å². The highest BCUT2D eigenvalue weighted by molar-refractivity contribution is 5.73. The minimum Gasteiger partial charge on any atom is -0.355 e. The van der Waals surface area contributed by atoms with Crippen molar-refractivity contribution >= 4 is 11.4 Å². The second-order valence-electron chi connectivity index (χ2n) is 9.63. The van der Waals surface area contributed by atoms with E-state index in [0.717, 1.165) is 17.3 Å². The molecule has 168 valence electrons. The molecule has 0 amide bonds. The maximum absolute atomic E-state index is 4.66. The Bertz CT molecular complexity index is 1020. The Balaban J connectivity index is 1.52. The lowest BCUT2D eigenvalue weighted by Crippen LogP contribution is -2.04. The van der Waals surface area contributed by atoms with Crippen LogP contribution < -0.4 is 5.32 Å². The third-order valence-corrected chi connectivity index (χ3v) is 6.99. The van der Waals surface area contributed by atoms with Gasteiger partial charge in [0.1, 0.15) is 0 Å². The van der Waals surface area contributed by atoms with Crippen molar-refractivity contribution in [2.75, 3.05) is 5.32 Å². The van der Waals surface area contributed by atoms with Crippen LogP contribution in [0.4, 0.5) is 11.4 Å². The molecule has 0 saturated carbocycles. The van der Waals surface area contributed by atoms with Crippen molar-refractivity contribution in [1.29, 1.82) is 0 Å². The fraction of sp³-hybridized carbons (Fsp3) is 0.433. The zero-order chi connectivity index (χ0) is 22.3. The van der Waals surface area contributed by atoms with Crippen LogP contribution in [0.5, 0.6) is 0 Å². The van der Waals surface area contributed by atoms with Crippen LogP contribution in [0.3, 0.4) is 0 Å². The third-order valence-electron chi connectivity index (χ3n) is 6.99. The molecule has 0 saturated heterocycles. The molecule has 2 heteroatoms. The Morgan fingerprint density at radius 3 is 2.72 bits per heavy atom. The molecule has 0 spiro atoms. The molecule has 0 aliphatic heterocycles. The number of unbranched alkanes of at least 4 members (excludes halogenated alkanes) is 3. The molecule has 2 nitrogen and oxygen atoms in total. The van der Waals surface area contributed by atoms with Crippen LogP contribution in [-0.2, 0) is 12.8 Å². The van der Waals surface area contributed by atoms with Crippen molar-refractivity contribution in [2.24, 2.45) is 5.92 Å². The highest BCUT2D eigenvalue weighted by Gasteiger charge is 2.19. The minimum atomic E-state index is 0.849. The minimum absolute atomic E-state index is 0.849. The quantitative estimate of drug-likeness (QED) is 0.288. The van der Waals surface area contributed by atoms with Gasteiger partial charge in [0.25, 0.3) is 0 Å². The van der Waals surface area contributed by atoms with E-state index in [2.05, 4.69) is 79.6 Å². The SMILES string of the molecule is CCCCCCC1CCCc2c(cccc2Nc2ccc(C)c(-c3ccc(C)cn3)c2)C1. The fourth-order valence-corrected chi connectivity index (χ4v) is 5.08. The summed E-state index contributed by atoms with van der Waals surface area (Å²) in [5, 5.41) is 3.76. The van der Waals surface area contributed by atoms with E-state index < -0.39 is 0 Å². The van der Waals surface area contributed by atoms with E-state index in [1.54, 1.807) is 5.56 Å². The van der Waals surface area contributed by atoms with Gasteiger partial charge in [-0.2, -0.15) is 0 Å². The summed E-state index contributed by atoms with van der Waals surface area (Å²) in [6.07, 6.45) is 13.9. The molecule has 4 rings (SSSR count). The molecule has 1 aliphatic carbocycles. The van der Waals surface area contributed by atoms with Gasteiger partial charge in [-0.3, -0.25) is 4.98 Å². The summed E-state index contributed by atoms with van der Waals surface area (Å²) in [4.78, 5) is 4.66. The van der Waals surface area contributed by atoms with E-state index in [-0.39, 0.29) is 0 Å². The molecule has 1 aromatic heterocycles. The zero-order valence-corrected chi connectivity index (χ0v) is 20.1. The van der Waals surface area contributed by atoms with Crippen molar-refractivity contribution in [3.63, 3.8) is 0 Å². The second-order valence-corrected chi connectivity index (χ2v) is 9.63. The van der Waals surface area contributed by atoms with Crippen LogP contribution >= 0.6 is 0 Å². The predicted molar refractivity (Wildman–Crippen MR) is 138 cm³/mol. The highest BCUT2D eigenvalue weighted by Crippen LogP contribution is 2.34. The normalized spacial score (nSPS) is 15.8. The number of hydrogen-bond donors (Lipinski definition) is 1. The van der Waals surface area contributed by atoms with Gasteiger partial charge in [0, 0.05) is 23.1 Å². The summed E-state index contributed by atoms with van der Waals surface area (Å²) in [5.41, 5.74) is 10.2. The van der Waals surface area contributed by atoms with Crippen LogP contribution in [-0.4, -0.2) is 4.98 Å². The molecule has 1 unspecified atom stereocenters. The number of fused-ring (bicyclic) bond motifs is 1. The van der Waals surface area contributed by atoms with Gasteiger partial charge in [-0.05, 0) is 92.0 Å². The molecule has 3 aromatic rings. The smallest absolute Gasteiger partial charge is 0.0705 e. The van der Waals surface area contributed by atoms with Crippen molar-refractivity contribution in [2.45, 2.75) is 78.6 Å². The Labute approximate surface area is 194 Å². The van der Waals surface area contributed by atoms with Crippen LogP contribution in [0.25, 0.3) is 11.3 Å². The molecule has 32 heavy (non-hydrogen) atoms. The van der Waals surface area contributed by atoms with Crippen LogP contribution in [0.15, 0.2) is 54.7 Å². The van der Waals surface area contributed by atoms with Gasteiger partial charge in [0.05, 0.1) is 5.69 Å². The molecular weight excluding hydrogens is 388 g/mol. The first-order chi connectivity index (χ1) is 15.6. The summed E-state index contributed by atoms with van der Waals surface area (Å²) in [5.74, 6) is 0.849. The lowest BCUT2D eigenvalue weighted by molar-refractivity contribution is 0.422. The van der Waals surface area contributed by atoms with Gasteiger partial charge in [0.15, 0.2) is 0 Å². The highest BCUT2D eigenvalue weighted by atomic mass is 14.9. The monoisotopic (exact) mass is 426 g/mol. The van der Waals surface area contributed by atoms with Crippen LogP contribution in [0.1, 0.15) is 74.1 Å². The van der Waals surface area contributed by atoms with Gasteiger partial charge in [0.2, 0.25) is 0 Å². The number of nitrogens with zero attached hydrogens (tertiary/aromatic N) is 1. The predicted octanol–water partition coefficient (Wildman–Crippen LogP) is 8.57. The fourth-order valence-electron chi connectivity index (χ4n) is 5.08. The molecule has 1 N–H and O–H groups in total. The average Bonchev–Trinajstić information content (AvgIpc) is 3.01. The lowest BCUT2D eigenvalue weighted by Gasteiger charge is -2.17. The Morgan fingerprint density at radius 1 is 1.00 bits per heavy atom. The first-order valence-corrected chi connectivity index (χ1v) is 12.6. The van der Waals surface area contributed by atoms with Gasteiger partial charge >= 0.3 is 0 Å². The molecule has 1 atom stereocenters. The first kappa shape index (κ1) is 22.6. The van der Waals surface area contributed by atoms with Crippen molar-refractivity contribution in [3.8, 4) is 11.3 Å². The molecule has 0 bridgehead atoms. The molecule has 1 aliphatic rings. The van der Waals surface area contributed by atoms with Crippen molar-refractivity contribution in [3.05, 3.63) is 77.0 Å². The van der Waals surface area contributed by atoms with E-state index >= 15 is 0 Å². The van der Waals surface area contributed by atoms with E-state index in [9.17, 15) is 0 Å². The largest absolute Gasteiger partial charge is 0.355 e. The van der Waals surface area contributed by atoms with Gasteiger partial charge in [-0.25, -0.2) is 0 Å². The summed E-state index contributed by atoms with van der Waals surface area (Å²) in [7, 11) is 0. The van der Waals surface area contributed by atoms with Crippen LogP contribution in [0.2, 0.25) is 0 Å². The maximum Gasteiger partial charge on any atom is 0.0705 e. The van der Waals surface area contributed by atoms with E-state index in [1.807, 2.05) is 6.20 Å². The van der Waals surface area contributed by atoms with Crippen LogP contribution in [0, 0.1) is 19.8 Å². The average molecular weight is 427 g/mol. The van der Waals surface area contributed by atoms with E-state index in [0.29, 0.717) is 0 Å². The van der Waals surface area contributed by atoms with Crippen molar-refractivity contribution in [1.82, 2.24) is 4.98 Å². The molecule has 0 radical (unpaired) electrons. The summed E-state index contributed by atoms with van der Waals surface area (Å²) in [6, 6.07) is 17.8. The number of aromatic nitrogens is 1. The van der Waals surface area contributed by atoms with E-state index in [1.165, 1.54) is 85.7 Å². The molecule has 2 aromatic carbocycles. The maximum atomic E-state index is 4.66.